The van der Waals surface area contributed by atoms with Gasteiger partial charge in [-0.3, -0.25) is 0 Å². The van der Waals surface area contributed by atoms with Gasteiger partial charge in [-0.15, -0.1) is 0 Å². The average Bonchev–Trinajstić information content (AvgIpc) is 2.07. The molecule has 4 heteroatoms. The summed E-state index contributed by atoms with van der Waals surface area (Å²) in [5, 5.41) is 0. The van der Waals surface area contributed by atoms with Crippen molar-refractivity contribution in [2.24, 2.45) is 0 Å². The van der Waals surface area contributed by atoms with E-state index in [1.54, 1.807) is 0 Å². The third-order valence-electron chi connectivity index (χ3n) is 2.59. The monoisotopic (exact) mass is 225 g/mol. The Bertz CT molecular complexity index is 158. The first kappa shape index (κ1) is 14.1. The number of hydrogen-bond donors (Lipinski definition) is 0. The van der Waals surface area contributed by atoms with Gasteiger partial charge >= 0.3 is 29.6 Å². The molecule has 0 heterocycles. The van der Waals surface area contributed by atoms with Gasteiger partial charge in [0, 0.05) is 12.6 Å². The van der Waals surface area contributed by atoms with Crippen molar-refractivity contribution in [3.8, 4) is 0 Å². The van der Waals surface area contributed by atoms with Crippen molar-refractivity contribution >= 4 is 29.2 Å². The van der Waals surface area contributed by atoms with Gasteiger partial charge in [-0.2, -0.15) is 0 Å². The van der Waals surface area contributed by atoms with Crippen molar-refractivity contribution in [2.45, 2.75) is 45.1 Å². The Morgan fingerprint density at radius 2 is 1.92 bits per heavy atom. The molecule has 0 unspecified atom stereocenters. The summed E-state index contributed by atoms with van der Waals surface area (Å²) in [6, 6.07) is 0.647. The summed E-state index contributed by atoms with van der Waals surface area (Å²) in [7, 11) is 0. The maximum absolute atomic E-state index is 5.04. The molecule has 0 atom stereocenters. The van der Waals surface area contributed by atoms with E-state index in [4.69, 9.17) is 24.8 Å². The second kappa shape index (κ2) is 7.41. The van der Waals surface area contributed by atoms with Gasteiger partial charge in [-0.25, -0.2) is 0 Å². The largest absolute Gasteiger partial charge is 1.00 e. The fraction of sp³-hybridized carbons (Fsp3) is 0.889. The van der Waals surface area contributed by atoms with Crippen molar-refractivity contribution in [1.82, 2.24) is 4.90 Å². The van der Waals surface area contributed by atoms with Gasteiger partial charge in [0.15, 0.2) is 0 Å². The molecule has 1 fully saturated rings. The summed E-state index contributed by atoms with van der Waals surface area (Å²) >= 11 is 10.1. The predicted octanol–water partition coefficient (Wildman–Crippen LogP) is -0.523. The zero-order chi connectivity index (χ0) is 8.97. The van der Waals surface area contributed by atoms with Crippen molar-refractivity contribution in [3.05, 3.63) is 0 Å². The zero-order valence-electron chi connectivity index (χ0n) is 8.58. The fourth-order valence-electron chi connectivity index (χ4n) is 1.93. The molecule has 13 heavy (non-hydrogen) atoms. The molecule has 1 nitrogen and oxygen atoms in total. The summed E-state index contributed by atoms with van der Waals surface area (Å²) in [5.74, 6) is 0. The Kier molecular flexibility index (Phi) is 8.04. The minimum absolute atomic E-state index is 0. The SMILES string of the molecule is CCN(C(=S)[S-])C1CCCCC1.[Na+]. The standard InChI is InChI=1S/C9H17NS2.Na/c1-2-10(9(11)12)8-6-4-3-5-7-8;/h8H,2-7H2,1H3,(H,11,12);/q;+1/p-1. The molecule has 0 saturated heterocycles. The van der Waals surface area contributed by atoms with E-state index in [0.717, 1.165) is 6.54 Å². The number of thiocarbonyl (C=S) groups is 1. The van der Waals surface area contributed by atoms with E-state index < -0.39 is 0 Å². The number of rotatable bonds is 2. The van der Waals surface area contributed by atoms with E-state index in [1.807, 2.05) is 0 Å². The van der Waals surface area contributed by atoms with Crippen molar-refractivity contribution in [2.75, 3.05) is 6.54 Å². The summed E-state index contributed by atoms with van der Waals surface area (Å²) < 4.78 is 0.657. The van der Waals surface area contributed by atoms with Crippen LogP contribution in [0.4, 0.5) is 0 Å². The van der Waals surface area contributed by atoms with E-state index >= 15 is 0 Å². The molecule has 0 amide bonds. The van der Waals surface area contributed by atoms with Crippen LogP contribution >= 0.6 is 12.2 Å². The van der Waals surface area contributed by atoms with Crippen LogP contribution in [0.5, 0.6) is 0 Å². The van der Waals surface area contributed by atoms with Gasteiger partial charge in [-0.1, -0.05) is 23.6 Å². The molecule has 1 aliphatic carbocycles. The molecule has 0 aromatic carbocycles. The number of hydrogen-bond acceptors (Lipinski definition) is 2. The normalized spacial score (nSPS) is 17.6. The fourth-order valence-corrected chi connectivity index (χ4v) is 2.49. The summed E-state index contributed by atoms with van der Waals surface area (Å²) in [6.45, 7) is 3.11. The number of nitrogens with zero attached hydrogens (tertiary/aromatic N) is 1. The molecule has 0 aliphatic heterocycles. The van der Waals surface area contributed by atoms with Crippen molar-refractivity contribution in [3.63, 3.8) is 0 Å². The smallest absolute Gasteiger partial charge is 0.411 e. The molecule has 0 bridgehead atoms. The van der Waals surface area contributed by atoms with Crippen LogP contribution in [0.25, 0.3) is 0 Å². The summed E-state index contributed by atoms with van der Waals surface area (Å²) in [4.78, 5) is 2.20. The molecular weight excluding hydrogens is 209 g/mol. The maximum atomic E-state index is 5.04. The molecule has 0 N–H and O–H groups in total. The minimum Gasteiger partial charge on any atom is -0.411 e. The average molecular weight is 225 g/mol. The van der Waals surface area contributed by atoms with Gasteiger partial charge in [0.25, 0.3) is 0 Å². The van der Waals surface area contributed by atoms with E-state index in [-0.39, 0.29) is 29.6 Å². The van der Waals surface area contributed by atoms with Gasteiger partial charge in [0.2, 0.25) is 0 Å². The van der Waals surface area contributed by atoms with Crippen LogP contribution in [-0.4, -0.2) is 21.8 Å². The van der Waals surface area contributed by atoms with Crippen LogP contribution in [0.3, 0.4) is 0 Å². The van der Waals surface area contributed by atoms with Gasteiger partial charge in [-0.05, 0) is 19.8 Å². The van der Waals surface area contributed by atoms with Crippen LogP contribution in [0.2, 0.25) is 0 Å². The molecule has 0 radical (unpaired) electrons. The first-order chi connectivity index (χ1) is 5.75. The zero-order valence-corrected chi connectivity index (χ0v) is 12.2. The second-order valence-electron chi connectivity index (χ2n) is 3.34. The van der Waals surface area contributed by atoms with E-state index in [9.17, 15) is 0 Å². The quantitative estimate of drug-likeness (QED) is 0.354. The van der Waals surface area contributed by atoms with Crippen LogP contribution in [0.15, 0.2) is 0 Å². The van der Waals surface area contributed by atoms with Gasteiger partial charge in [0.1, 0.15) is 0 Å². The van der Waals surface area contributed by atoms with E-state index in [2.05, 4.69) is 11.8 Å². The predicted molar refractivity (Wildman–Crippen MR) is 59.2 cm³/mol. The van der Waals surface area contributed by atoms with Crippen LogP contribution < -0.4 is 29.6 Å². The van der Waals surface area contributed by atoms with E-state index in [1.165, 1.54) is 32.1 Å². The topological polar surface area (TPSA) is 3.24 Å². The van der Waals surface area contributed by atoms with Gasteiger partial charge in [0.05, 0.1) is 0 Å². The van der Waals surface area contributed by atoms with Crippen molar-refractivity contribution in [1.29, 1.82) is 0 Å². The Labute approximate surface area is 114 Å². The van der Waals surface area contributed by atoms with Crippen LogP contribution in [0.1, 0.15) is 39.0 Å². The summed E-state index contributed by atoms with van der Waals surface area (Å²) in [5.41, 5.74) is 0. The van der Waals surface area contributed by atoms with Crippen LogP contribution in [0, 0.1) is 0 Å². The molecule has 0 aromatic rings. The van der Waals surface area contributed by atoms with Gasteiger partial charge < -0.3 is 29.7 Å². The molecule has 1 rings (SSSR count). The third-order valence-corrected chi connectivity index (χ3v) is 3.06. The van der Waals surface area contributed by atoms with Crippen LogP contribution in [-0.2, 0) is 12.6 Å². The molecule has 0 aromatic heterocycles. The van der Waals surface area contributed by atoms with E-state index in [0.29, 0.717) is 10.4 Å². The molecule has 1 saturated carbocycles. The summed E-state index contributed by atoms with van der Waals surface area (Å²) in [6.07, 6.45) is 6.64. The third kappa shape index (κ3) is 4.43. The molecular formula is C9H16NNaS2. The molecule has 0 spiro atoms. The first-order valence-corrected chi connectivity index (χ1v) is 5.55. The first-order valence-electron chi connectivity index (χ1n) is 4.73. The molecule has 1 aliphatic rings. The Morgan fingerprint density at radius 1 is 1.38 bits per heavy atom. The maximum Gasteiger partial charge on any atom is 1.00 e. The molecule has 70 valence electrons. The van der Waals surface area contributed by atoms with Crippen molar-refractivity contribution < 1.29 is 29.6 Å². The Hall–Kier alpha value is 1.11. The minimum atomic E-state index is 0. The Balaban J connectivity index is 0.00000144. The second-order valence-corrected chi connectivity index (χ2v) is 4.38. The Morgan fingerprint density at radius 3 is 2.31 bits per heavy atom.